The first-order valence-corrected chi connectivity index (χ1v) is 10.8. The molecule has 2 N–H and O–H groups in total. The molecule has 1 aromatic carbocycles. The van der Waals surface area contributed by atoms with Gasteiger partial charge in [0.25, 0.3) is 0 Å². The quantitative estimate of drug-likeness (QED) is 0.543. The van der Waals surface area contributed by atoms with Crippen LogP contribution in [0.4, 0.5) is 13.2 Å². The molecule has 1 unspecified atom stereocenters. The van der Waals surface area contributed by atoms with Crippen LogP contribution in [0, 0.1) is 12.8 Å². The maximum atomic E-state index is 12.6. The Morgan fingerprint density at radius 3 is 2.37 bits per heavy atom. The number of likely N-dealkylation sites (tertiary alicyclic amines) is 2. The lowest BCUT2D eigenvalue weighted by atomic mass is 9.96. The first-order valence-electron chi connectivity index (χ1n) is 10.8. The Bertz CT molecular complexity index is 681. The van der Waals surface area contributed by atoms with Crippen LogP contribution in [0.3, 0.4) is 0 Å². The maximum absolute atomic E-state index is 12.6. The second kappa shape index (κ2) is 10.5. The molecule has 0 radical (unpaired) electrons. The zero-order valence-electron chi connectivity index (χ0n) is 18.0. The molecule has 30 heavy (non-hydrogen) atoms. The third kappa shape index (κ3) is 7.47. The molecule has 0 bridgehead atoms. The van der Waals surface area contributed by atoms with E-state index in [0.29, 0.717) is 31.4 Å². The molecule has 2 heterocycles. The highest BCUT2D eigenvalue weighted by molar-refractivity contribution is 5.80. The smallest absolute Gasteiger partial charge is 0.356 e. The summed E-state index contributed by atoms with van der Waals surface area (Å²) in [6.45, 7) is 6.15. The molecule has 0 aliphatic carbocycles. The van der Waals surface area contributed by atoms with Gasteiger partial charge in [-0.1, -0.05) is 29.8 Å². The summed E-state index contributed by atoms with van der Waals surface area (Å²) < 4.78 is 37.7. The Morgan fingerprint density at radius 2 is 1.73 bits per heavy atom. The summed E-state index contributed by atoms with van der Waals surface area (Å²) in [5.41, 5.74) is 2.65. The highest BCUT2D eigenvalue weighted by Gasteiger charge is 2.34. The van der Waals surface area contributed by atoms with Gasteiger partial charge in [-0.15, -0.1) is 0 Å². The molecule has 2 aliphatic heterocycles. The molecule has 0 aromatic heterocycles. The van der Waals surface area contributed by atoms with E-state index in [0.717, 1.165) is 39.0 Å². The van der Waals surface area contributed by atoms with E-state index in [1.807, 2.05) is 0 Å². The highest BCUT2D eigenvalue weighted by Crippen LogP contribution is 2.20. The zero-order valence-corrected chi connectivity index (χ0v) is 18.0. The van der Waals surface area contributed by atoms with Gasteiger partial charge >= 0.3 is 6.18 Å². The molecule has 2 saturated heterocycles. The van der Waals surface area contributed by atoms with E-state index in [1.165, 1.54) is 16.0 Å². The van der Waals surface area contributed by atoms with Crippen LogP contribution in [-0.4, -0.2) is 74.3 Å². The molecule has 8 heteroatoms. The van der Waals surface area contributed by atoms with Crippen LogP contribution in [0.25, 0.3) is 0 Å². The summed E-state index contributed by atoms with van der Waals surface area (Å²) in [7, 11) is 1.71. The Morgan fingerprint density at radius 1 is 1.07 bits per heavy atom. The molecule has 3 rings (SSSR count). The second-order valence-electron chi connectivity index (χ2n) is 8.64. The van der Waals surface area contributed by atoms with Gasteiger partial charge in [0.1, 0.15) is 0 Å². The number of hydrogen-bond donors (Lipinski definition) is 2. The van der Waals surface area contributed by atoms with Crippen LogP contribution in [0.5, 0.6) is 0 Å². The van der Waals surface area contributed by atoms with Gasteiger partial charge in [0.15, 0.2) is 5.96 Å². The van der Waals surface area contributed by atoms with Crippen molar-refractivity contribution in [3.05, 3.63) is 35.4 Å². The van der Waals surface area contributed by atoms with E-state index in [1.54, 1.807) is 7.05 Å². The molecule has 2 aliphatic rings. The Balaban J connectivity index is 1.34. The normalized spacial score (nSPS) is 22.4. The van der Waals surface area contributed by atoms with Gasteiger partial charge in [0.05, 0.1) is 6.54 Å². The third-order valence-corrected chi connectivity index (χ3v) is 6.03. The van der Waals surface area contributed by atoms with Crippen LogP contribution in [0.2, 0.25) is 0 Å². The summed E-state index contributed by atoms with van der Waals surface area (Å²) in [4.78, 5) is 8.21. The lowest BCUT2D eigenvalue weighted by Gasteiger charge is -2.32. The van der Waals surface area contributed by atoms with Gasteiger partial charge < -0.3 is 10.6 Å². The highest BCUT2D eigenvalue weighted by atomic mass is 19.4. The Kier molecular flexibility index (Phi) is 7.99. The Labute approximate surface area is 177 Å². The predicted octanol–water partition coefficient (Wildman–Crippen LogP) is 3.01. The van der Waals surface area contributed by atoms with Crippen molar-refractivity contribution in [3.8, 4) is 0 Å². The van der Waals surface area contributed by atoms with Crippen LogP contribution in [0.15, 0.2) is 29.3 Å². The number of benzene rings is 1. The van der Waals surface area contributed by atoms with Gasteiger partial charge in [-0.3, -0.25) is 14.8 Å². The summed E-state index contributed by atoms with van der Waals surface area (Å²) in [5.74, 6) is 1.28. The molecule has 1 aromatic rings. The zero-order chi connectivity index (χ0) is 21.6. The first-order chi connectivity index (χ1) is 14.3. The standard InChI is InChI=1S/C22H34F3N5/c1-17-3-5-19(6-4-17)14-29-10-7-18(8-11-29)13-27-21(26-2)28-20-9-12-30(15-20)16-22(23,24)25/h3-6,18,20H,7-16H2,1-2H3,(H2,26,27,28). The molecule has 1 atom stereocenters. The number of piperidine rings is 1. The summed E-state index contributed by atoms with van der Waals surface area (Å²) >= 11 is 0. The van der Waals surface area contributed by atoms with Gasteiger partial charge in [-0.05, 0) is 50.8 Å². The monoisotopic (exact) mass is 425 g/mol. The number of nitrogens with zero attached hydrogens (tertiary/aromatic N) is 3. The number of nitrogens with one attached hydrogen (secondary N) is 2. The molecule has 2 fully saturated rings. The van der Waals surface area contributed by atoms with Crippen molar-refractivity contribution in [2.75, 3.05) is 46.3 Å². The van der Waals surface area contributed by atoms with Gasteiger partial charge in [-0.25, -0.2) is 0 Å². The summed E-state index contributed by atoms with van der Waals surface area (Å²) in [6, 6.07) is 8.75. The Hall–Kier alpha value is -1.80. The molecular weight excluding hydrogens is 391 g/mol. The molecule has 5 nitrogen and oxygen atoms in total. The number of halogens is 3. The first kappa shape index (κ1) is 22.9. The van der Waals surface area contributed by atoms with E-state index in [-0.39, 0.29) is 6.04 Å². The average Bonchev–Trinajstić information content (AvgIpc) is 3.13. The van der Waals surface area contributed by atoms with Gasteiger partial charge in [0.2, 0.25) is 0 Å². The van der Waals surface area contributed by atoms with Gasteiger partial charge in [0, 0.05) is 39.3 Å². The third-order valence-electron chi connectivity index (χ3n) is 6.03. The van der Waals surface area contributed by atoms with Crippen molar-refractivity contribution in [3.63, 3.8) is 0 Å². The average molecular weight is 426 g/mol. The summed E-state index contributed by atoms with van der Waals surface area (Å²) in [6.07, 6.45) is -1.16. The fraction of sp³-hybridized carbons (Fsp3) is 0.682. The van der Waals surface area contributed by atoms with Crippen molar-refractivity contribution in [1.29, 1.82) is 0 Å². The van der Waals surface area contributed by atoms with Crippen molar-refractivity contribution in [1.82, 2.24) is 20.4 Å². The predicted molar refractivity (Wildman–Crippen MR) is 115 cm³/mol. The maximum Gasteiger partial charge on any atom is 0.401 e. The lowest BCUT2D eigenvalue weighted by molar-refractivity contribution is -0.143. The molecular formula is C22H34F3N5. The topological polar surface area (TPSA) is 42.9 Å². The van der Waals surface area contributed by atoms with E-state index in [2.05, 4.69) is 51.7 Å². The van der Waals surface area contributed by atoms with Crippen LogP contribution >= 0.6 is 0 Å². The van der Waals surface area contributed by atoms with Crippen LogP contribution < -0.4 is 10.6 Å². The van der Waals surface area contributed by atoms with Crippen LogP contribution in [0.1, 0.15) is 30.4 Å². The van der Waals surface area contributed by atoms with E-state index in [4.69, 9.17) is 0 Å². The molecule has 0 amide bonds. The summed E-state index contributed by atoms with van der Waals surface area (Å²) in [5, 5.41) is 6.67. The van der Waals surface area contributed by atoms with Gasteiger partial charge in [-0.2, -0.15) is 13.2 Å². The van der Waals surface area contributed by atoms with E-state index >= 15 is 0 Å². The van der Waals surface area contributed by atoms with Crippen molar-refractivity contribution in [2.24, 2.45) is 10.9 Å². The van der Waals surface area contributed by atoms with E-state index < -0.39 is 12.7 Å². The van der Waals surface area contributed by atoms with Crippen molar-refractivity contribution >= 4 is 5.96 Å². The minimum absolute atomic E-state index is 0.00917. The molecule has 0 saturated carbocycles. The van der Waals surface area contributed by atoms with Crippen molar-refractivity contribution < 1.29 is 13.2 Å². The number of rotatable bonds is 6. The lowest BCUT2D eigenvalue weighted by Crippen LogP contribution is -2.47. The fourth-order valence-corrected chi connectivity index (χ4v) is 4.28. The van der Waals surface area contributed by atoms with Crippen LogP contribution in [-0.2, 0) is 6.54 Å². The largest absolute Gasteiger partial charge is 0.401 e. The molecule has 0 spiro atoms. The fourth-order valence-electron chi connectivity index (χ4n) is 4.28. The second-order valence-corrected chi connectivity index (χ2v) is 8.64. The van der Waals surface area contributed by atoms with Crippen molar-refractivity contribution in [2.45, 2.75) is 44.9 Å². The minimum Gasteiger partial charge on any atom is -0.356 e. The number of hydrogen-bond acceptors (Lipinski definition) is 3. The number of alkyl halides is 3. The van der Waals surface area contributed by atoms with E-state index in [9.17, 15) is 13.2 Å². The minimum atomic E-state index is -4.14. The number of aliphatic imine (C=N–C) groups is 1. The molecule has 168 valence electrons. The number of guanidine groups is 1. The number of aryl methyl sites for hydroxylation is 1. The SMILES string of the molecule is CN=C(NCC1CCN(Cc2ccc(C)cc2)CC1)NC1CCN(CC(F)(F)F)C1.